The maximum absolute atomic E-state index is 5.84. The number of aliphatic imine (C=N–C) groups is 1. The van der Waals surface area contributed by atoms with Gasteiger partial charge in [0, 0.05) is 32.7 Å². The van der Waals surface area contributed by atoms with Crippen molar-refractivity contribution >= 4 is 29.9 Å². The zero-order valence-electron chi connectivity index (χ0n) is 19.5. The van der Waals surface area contributed by atoms with E-state index >= 15 is 0 Å². The molecule has 2 heterocycles. The lowest BCUT2D eigenvalue weighted by Gasteiger charge is -2.25. The lowest BCUT2D eigenvalue weighted by Crippen LogP contribution is -2.47. The number of ether oxygens (including phenoxy) is 2. The minimum absolute atomic E-state index is 0. The first-order valence-electron chi connectivity index (χ1n) is 10.9. The molecule has 9 nitrogen and oxygen atoms in total. The van der Waals surface area contributed by atoms with Crippen molar-refractivity contribution < 1.29 is 9.47 Å². The number of halogens is 1. The Kier molecular flexibility index (Phi) is 11.2. The van der Waals surface area contributed by atoms with Gasteiger partial charge in [-0.2, -0.15) is 5.10 Å². The van der Waals surface area contributed by atoms with E-state index in [4.69, 9.17) is 14.5 Å². The van der Waals surface area contributed by atoms with Crippen LogP contribution < -0.4 is 15.4 Å². The fourth-order valence-electron chi connectivity index (χ4n) is 3.43. The van der Waals surface area contributed by atoms with E-state index in [9.17, 15) is 0 Å². The van der Waals surface area contributed by atoms with E-state index in [2.05, 4.69) is 44.7 Å². The molecule has 1 aliphatic rings. The molecule has 0 bridgehead atoms. The summed E-state index contributed by atoms with van der Waals surface area (Å²) in [5.41, 5.74) is 1.12. The number of nitrogens with one attached hydrogen (secondary N) is 2. The lowest BCUT2D eigenvalue weighted by molar-refractivity contribution is 0.177. The summed E-state index contributed by atoms with van der Waals surface area (Å²) >= 11 is 0. The number of benzene rings is 1. The van der Waals surface area contributed by atoms with Crippen molar-refractivity contribution in [3.63, 3.8) is 0 Å². The maximum Gasteiger partial charge on any atom is 0.191 e. The van der Waals surface area contributed by atoms with E-state index in [0.29, 0.717) is 19.8 Å². The van der Waals surface area contributed by atoms with Crippen LogP contribution >= 0.6 is 24.0 Å². The molecule has 1 aromatic heterocycles. The molecule has 0 amide bonds. The molecule has 0 aliphatic carbocycles. The Hall–Kier alpha value is -1.92. The Morgan fingerprint density at radius 3 is 2.94 bits per heavy atom. The average molecular weight is 557 g/mol. The summed E-state index contributed by atoms with van der Waals surface area (Å²) in [6, 6.07) is 8.39. The van der Waals surface area contributed by atoms with Crippen molar-refractivity contribution in [1.29, 1.82) is 0 Å². The number of guanidine groups is 1. The molecular weight excluding hydrogens is 521 g/mol. The van der Waals surface area contributed by atoms with E-state index in [1.165, 1.54) is 0 Å². The summed E-state index contributed by atoms with van der Waals surface area (Å²) in [4.78, 5) is 11.4. The van der Waals surface area contributed by atoms with Gasteiger partial charge in [-0.25, -0.2) is 14.7 Å². The van der Waals surface area contributed by atoms with Crippen LogP contribution in [0.5, 0.6) is 5.75 Å². The Balaban J connectivity index is 0.00000363. The highest BCUT2D eigenvalue weighted by atomic mass is 127. The van der Waals surface area contributed by atoms with E-state index < -0.39 is 0 Å². The molecule has 2 aromatic rings. The van der Waals surface area contributed by atoms with Gasteiger partial charge < -0.3 is 25.0 Å². The first kappa shape index (κ1) is 26.3. The van der Waals surface area contributed by atoms with Crippen molar-refractivity contribution in [3.8, 4) is 5.75 Å². The molecule has 1 aromatic carbocycles. The second kappa shape index (κ2) is 13.6. The van der Waals surface area contributed by atoms with Gasteiger partial charge in [0.25, 0.3) is 0 Å². The van der Waals surface area contributed by atoms with E-state index in [1.54, 1.807) is 7.11 Å². The molecule has 1 aliphatic heterocycles. The second-order valence-electron chi connectivity index (χ2n) is 7.93. The van der Waals surface area contributed by atoms with Crippen molar-refractivity contribution in [3.05, 3.63) is 41.5 Å². The SMILES string of the molecule is CCNC(=NCc1cccc(OCCN(C)C)c1)NC1CCc2nc(COC)nn2C1.I. The summed E-state index contributed by atoms with van der Waals surface area (Å²) < 4.78 is 13.0. The molecule has 0 radical (unpaired) electrons. The van der Waals surface area contributed by atoms with Crippen molar-refractivity contribution in [2.75, 3.05) is 40.9 Å². The fraction of sp³-hybridized carbons (Fsp3) is 0.591. The van der Waals surface area contributed by atoms with Gasteiger partial charge in [0.15, 0.2) is 11.8 Å². The minimum Gasteiger partial charge on any atom is -0.492 e. The first-order valence-corrected chi connectivity index (χ1v) is 10.9. The molecule has 0 fully saturated rings. The maximum atomic E-state index is 5.84. The van der Waals surface area contributed by atoms with Crippen LogP contribution in [0, 0.1) is 0 Å². The normalized spacial score (nSPS) is 15.8. The molecule has 0 spiro atoms. The highest BCUT2D eigenvalue weighted by Gasteiger charge is 2.22. The monoisotopic (exact) mass is 557 g/mol. The van der Waals surface area contributed by atoms with Gasteiger partial charge >= 0.3 is 0 Å². The number of rotatable bonds is 10. The largest absolute Gasteiger partial charge is 0.492 e. The zero-order chi connectivity index (χ0) is 22.1. The fourth-order valence-corrected chi connectivity index (χ4v) is 3.43. The number of fused-ring (bicyclic) bond motifs is 1. The van der Waals surface area contributed by atoms with Crippen LogP contribution in [0.15, 0.2) is 29.3 Å². The number of likely N-dealkylation sites (N-methyl/N-ethyl adjacent to an activating group) is 1. The molecule has 178 valence electrons. The van der Waals surface area contributed by atoms with Crippen LogP contribution in [-0.4, -0.2) is 72.6 Å². The Morgan fingerprint density at radius 1 is 1.34 bits per heavy atom. The van der Waals surface area contributed by atoms with Crippen LogP contribution in [0.1, 0.15) is 30.6 Å². The van der Waals surface area contributed by atoms with E-state index in [-0.39, 0.29) is 30.0 Å². The van der Waals surface area contributed by atoms with Crippen molar-refractivity contribution in [1.82, 2.24) is 30.3 Å². The Bertz CT molecular complexity index is 857. The van der Waals surface area contributed by atoms with Gasteiger partial charge in [-0.15, -0.1) is 24.0 Å². The molecule has 1 unspecified atom stereocenters. The third-order valence-corrected chi connectivity index (χ3v) is 4.99. The van der Waals surface area contributed by atoms with Gasteiger partial charge in [0.1, 0.15) is 24.8 Å². The predicted molar refractivity (Wildman–Crippen MR) is 137 cm³/mol. The second-order valence-corrected chi connectivity index (χ2v) is 7.93. The molecule has 2 N–H and O–H groups in total. The van der Waals surface area contributed by atoms with E-state index in [1.807, 2.05) is 30.9 Å². The van der Waals surface area contributed by atoms with Gasteiger partial charge in [0.2, 0.25) is 0 Å². The van der Waals surface area contributed by atoms with Crippen LogP contribution in [0.25, 0.3) is 0 Å². The first-order chi connectivity index (χ1) is 15.1. The Morgan fingerprint density at radius 2 is 2.19 bits per heavy atom. The highest BCUT2D eigenvalue weighted by molar-refractivity contribution is 14.0. The summed E-state index contributed by atoms with van der Waals surface area (Å²) in [5, 5.41) is 11.4. The van der Waals surface area contributed by atoms with Crippen LogP contribution in [0.3, 0.4) is 0 Å². The molecule has 1 atom stereocenters. The third-order valence-electron chi connectivity index (χ3n) is 4.99. The summed E-state index contributed by atoms with van der Waals surface area (Å²) in [6.07, 6.45) is 1.88. The number of hydrogen-bond donors (Lipinski definition) is 2. The zero-order valence-corrected chi connectivity index (χ0v) is 21.8. The molecule has 10 heteroatoms. The van der Waals surface area contributed by atoms with Gasteiger partial charge in [-0.3, -0.25) is 0 Å². The van der Waals surface area contributed by atoms with Crippen molar-refractivity contribution in [2.24, 2.45) is 4.99 Å². The summed E-state index contributed by atoms with van der Waals surface area (Å²) in [7, 11) is 5.74. The summed E-state index contributed by atoms with van der Waals surface area (Å²) in [6.45, 7) is 6.23. The van der Waals surface area contributed by atoms with Crippen LogP contribution in [-0.2, 0) is 30.9 Å². The Labute approximate surface area is 208 Å². The topological polar surface area (TPSA) is 88.8 Å². The van der Waals surface area contributed by atoms with Crippen LogP contribution in [0.2, 0.25) is 0 Å². The molecule has 0 saturated heterocycles. The molecule has 3 rings (SSSR count). The number of aryl methyl sites for hydroxylation is 1. The number of aromatic nitrogens is 3. The highest BCUT2D eigenvalue weighted by Crippen LogP contribution is 2.15. The third kappa shape index (κ3) is 8.21. The summed E-state index contributed by atoms with van der Waals surface area (Å²) in [5.74, 6) is 3.46. The average Bonchev–Trinajstić information content (AvgIpc) is 3.14. The molecule has 0 saturated carbocycles. The lowest BCUT2D eigenvalue weighted by atomic mass is 10.1. The van der Waals surface area contributed by atoms with E-state index in [0.717, 1.165) is 61.4 Å². The predicted octanol–water partition coefficient (Wildman–Crippen LogP) is 2.05. The van der Waals surface area contributed by atoms with Crippen molar-refractivity contribution in [2.45, 2.75) is 45.5 Å². The smallest absolute Gasteiger partial charge is 0.191 e. The quantitative estimate of drug-likeness (QED) is 0.263. The van der Waals surface area contributed by atoms with Gasteiger partial charge in [-0.05, 0) is 45.1 Å². The minimum atomic E-state index is 0. The van der Waals surface area contributed by atoms with Gasteiger partial charge in [0.05, 0.1) is 13.1 Å². The molecule has 32 heavy (non-hydrogen) atoms. The number of methoxy groups -OCH3 is 1. The standard InChI is InChI=1S/C22H35N7O2.HI/c1-5-23-22(24-14-17-7-6-8-19(13-17)31-12-11-28(2)3)25-18-9-10-21-26-20(16-30-4)27-29(21)15-18;/h6-8,13,18H,5,9-12,14-16H2,1-4H3,(H2,23,24,25);1H. The number of hydrogen-bond acceptors (Lipinski definition) is 6. The van der Waals surface area contributed by atoms with Crippen LogP contribution in [0.4, 0.5) is 0 Å². The molecular formula is C22H36IN7O2. The number of nitrogens with zero attached hydrogens (tertiary/aromatic N) is 5. The van der Waals surface area contributed by atoms with Gasteiger partial charge in [-0.1, -0.05) is 12.1 Å².